The van der Waals surface area contributed by atoms with Gasteiger partial charge in [-0.15, -0.1) is 22.7 Å². The molecule has 0 fully saturated rings. The number of aromatic nitrogens is 2. The molecule has 0 aliphatic heterocycles. The smallest absolute Gasteiger partial charge is 0.262 e. The summed E-state index contributed by atoms with van der Waals surface area (Å²) in [5.74, 6) is -0.439. The van der Waals surface area contributed by atoms with Crippen molar-refractivity contribution < 1.29 is 9.18 Å². The van der Waals surface area contributed by atoms with Crippen LogP contribution in [0.25, 0.3) is 10.2 Å². The first-order valence-electron chi connectivity index (χ1n) is 8.06. The van der Waals surface area contributed by atoms with Gasteiger partial charge in [0.15, 0.2) is 0 Å². The lowest BCUT2D eigenvalue weighted by molar-refractivity contribution is 0.0947. The SMILES string of the molecule is Cc1nn(C)c2sc(C(=O)NC(c3ccc(F)cc3)c3cccs3)cc12. The average molecular weight is 385 g/mol. The van der Waals surface area contributed by atoms with E-state index in [1.165, 1.54) is 23.5 Å². The van der Waals surface area contributed by atoms with Crippen molar-refractivity contribution in [2.45, 2.75) is 13.0 Å². The van der Waals surface area contributed by atoms with Crippen LogP contribution in [-0.2, 0) is 7.05 Å². The van der Waals surface area contributed by atoms with Gasteiger partial charge >= 0.3 is 0 Å². The largest absolute Gasteiger partial charge is 0.340 e. The minimum absolute atomic E-state index is 0.145. The van der Waals surface area contributed by atoms with Crippen molar-refractivity contribution in [3.8, 4) is 0 Å². The molecule has 0 spiro atoms. The van der Waals surface area contributed by atoms with Crippen LogP contribution in [0.4, 0.5) is 4.39 Å². The molecular weight excluding hydrogens is 369 g/mol. The molecule has 4 aromatic rings. The third-order valence-electron chi connectivity index (χ3n) is 4.23. The van der Waals surface area contributed by atoms with Gasteiger partial charge in [0.2, 0.25) is 0 Å². The Morgan fingerprint density at radius 1 is 1.27 bits per heavy atom. The fourth-order valence-corrected chi connectivity index (χ4v) is 4.78. The van der Waals surface area contributed by atoms with E-state index in [9.17, 15) is 9.18 Å². The molecule has 1 aromatic carbocycles. The molecule has 7 heteroatoms. The number of hydrogen-bond acceptors (Lipinski definition) is 4. The van der Waals surface area contributed by atoms with Crippen LogP contribution in [-0.4, -0.2) is 15.7 Å². The molecule has 26 heavy (non-hydrogen) atoms. The summed E-state index contributed by atoms with van der Waals surface area (Å²) in [6, 6.07) is 11.7. The zero-order valence-electron chi connectivity index (χ0n) is 14.2. The Hall–Kier alpha value is -2.51. The van der Waals surface area contributed by atoms with Crippen LogP contribution in [0.15, 0.2) is 47.8 Å². The van der Waals surface area contributed by atoms with Crippen LogP contribution < -0.4 is 5.32 Å². The second kappa shape index (κ2) is 6.66. The van der Waals surface area contributed by atoms with Gasteiger partial charge in [-0.3, -0.25) is 9.48 Å². The maximum absolute atomic E-state index is 13.3. The van der Waals surface area contributed by atoms with E-state index in [2.05, 4.69) is 10.4 Å². The van der Waals surface area contributed by atoms with Crippen LogP contribution in [0.5, 0.6) is 0 Å². The molecular formula is C19H16FN3OS2. The number of fused-ring (bicyclic) bond motifs is 1. The number of aryl methyl sites for hydroxylation is 2. The Kier molecular flexibility index (Phi) is 4.34. The van der Waals surface area contributed by atoms with Crippen molar-refractivity contribution in [2.24, 2.45) is 7.05 Å². The lowest BCUT2D eigenvalue weighted by Crippen LogP contribution is -2.28. The van der Waals surface area contributed by atoms with Crippen LogP contribution in [0.3, 0.4) is 0 Å². The van der Waals surface area contributed by atoms with Gasteiger partial charge in [-0.05, 0) is 42.1 Å². The number of rotatable bonds is 4. The number of benzene rings is 1. The number of halogens is 1. The molecule has 0 radical (unpaired) electrons. The van der Waals surface area contributed by atoms with Gasteiger partial charge in [-0.1, -0.05) is 18.2 Å². The first kappa shape index (κ1) is 16.9. The molecule has 1 atom stereocenters. The van der Waals surface area contributed by atoms with Crippen molar-refractivity contribution in [3.63, 3.8) is 0 Å². The van der Waals surface area contributed by atoms with Crippen LogP contribution in [0, 0.1) is 12.7 Å². The standard InChI is InChI=1S/C19H16FN3OS2/c1-11-14-10-16(26-19(14)23(2)22-11)18(24)21-17(15-4-3-9-25-15)12-5-7-13(20)8-6-12/h3-10,17H,1-2H3,(H,21,24). The molecule has 3 heterocycles. The summed E-state index contributed by atoms with van der Waals surface area (Å²) in [5.41, 5.74) is 1.76. The maximum atomic E-state index is 13.3. The fraction of sp³-hybridized carbons (Fsp3) is 0.158. The summed E-state index contributed by atoms with van der Waals surface area (Å²) in [6.45, 7) is 1.93. The number of nitrogens with zero attached hydrogens (tertiary/aromatic N) is 2. The monoisotopic (exact) mass is 385 g/mol. The average Bonchev–Trinajstić information content (AvgIpc) is 3.34. The zero-order valence-corrected chi connectivity index (χ0v) is 15.8. The summed E-state index contributed by atoms with van der Waals surface area (Å²) in [4.78, 5) is 15.5. The molecule has 1 amide bonds. The second-order valence-electron chi connectivity index (χ2n) is 6.01. The lowest BCUT2D eigenvalue weighted by Gasteiger charge is -2.17. The first-order valence-corrected chi connectivity index (χ1v) is 9.75. The van der Waals surface area contributed by atoms with Gasteiger partial charge in [-0.2, -0.15) is 5.10 Å². The normalized spacial score (nSPS) is 12.4. The Labute approximate surface area is 157 Å². The van der Waals surface area contributed by atoms with Gasteiger partial charge in [0.1, 0.15) is 10.6 Å². The van der Waals surface area contributed by atoms with Crippen molar-refractivity contribution >= 4 is 38.8 Å². The number of amides is 1. The Morgan fingerprint density at radius 3 is 2.69 bits per heavy atom. The summed E-state index contributed by atoms with van der Waals surface area (Å²) in [5, 5.41) is 10.4. The highest BCUT2D eigenvalue weighted by atomic mass is 32.1. The van der Waals surface area contributed by atoms with E-state index in [1.807, 2.05) is 37.6 Å². The van der Waals surface area contributed by atoms with Gasteiger partial charge in [-0.25, -0.2) is 4.39 Å². The van der Waals surface area contributed by atoms with Crippen LogP contribution in [0.1, 0.15) is 31.8 Å². The lowest BCUT2D eigenvalue weighted by atomic mass is 10.1. The molecule has 4 rings (SSSR count). The minimum Gasteiger partial charge on any atom is -0.340 e. The minimum atomic E-state index is -0.312. The summed E-state index contributed by atoms with van der Waals surface area (Å²) in [6.07, 6.45) is 0. The van der Waals surface area contributed by atoms with Crippen molar-refractivity contribution in [1.29, 1.82) is 0 Å². The van der Waals surface area contributed by atoms with E-state index in [4.69, 9.17) is 0 Å². The van der Waals surface area contributed by atoms with Crippen molar-refractivity contribution in [2.75, 3.05) is 0 Å². The number of hydrogen-bond donors (Lipinski definition) is 1. The molecule has 4 nitrogen and oxygen atoms in total. The molecule has 0 aliphatic rings. The van der Waals surface area contributed by atoms with E-state index >= 15 is 0 Å². The fourth-order valence-electron chi connectivity index (χ4n) is 2.95. The van der Waals surface area contributed by atoms with E-state index in [0.717, 1.165) is 26.4 Å². The predicted molar refractivity (Wildman–Crippen MR) is 103 cm³/mol. The second-order valence-corrected chi connectivity index (χ2v) is 8.02. The summed E-state index contributed by atoms with van der Waals surface area (Å²) >= 11 is 2.98. The van der Waals surface area contributed by atoms with Gasteiger partial charge in [0.25, 0.3) is 5.91 Å². The topological polar surface area (TPSA) is 46.9 Å². The maximum Gasteiger partial charge on any atom is 0.262 e. The highest BCUT2D eigenvalue weighted by Gasteiger charge is 2.21. The number of carbonyl (C=O) groups is 1. The number of nitrogens with one attached hydrogen (secondary N) is 1. The molecule has 132 valence electrons. The molecule has 1 N–H and O–H groups in total. The van der Waals surface area contributed by atoms with Crippen LogP contribution >= 0.6 is 22.7 Å². The molecule has 0 saturated carbocycles. The third-order valence-corrected chi connectivity index (χ3v) is 6.36. The van der Waals surface area contributed by atoms with E-state index in [1.54, 1.807) is 28.2 Å². The highest BCUT2D eigenvalue weighted by Crippen LogP contribution is 2.30. The highest BCUT2D eigenvalue weighted by molar-refractivity contribution is 7.20. The van der Waals surface area contributed by atoms with Crippen molar-refractivity contribution in [3.05, 3.63) is 74.7 Å². The van der Waals surface area contributed by atoms with Crippen LogP contribution in [0.2, 0.25) is 0 Å². The van der Waals surface area contributed by atoms with Gasteiger partial charge < -0.3 is 5.32 Å². The summed E-state index contributed by atoms with van der Waals surface area (Å²) < 4.78 is 15.1. The Bertz CT molecular complexity index is 1030. The van der Waals surface area contributed by atoms with Gasteiger partial charge in [0, 0.05) is 17.3 Å². The van der Waals surface area contributed by atoms with E-state index in [-0.39, 0.29) is 17.8 Å². The summed E-state index contributed by atoms with van der Waals surface area (Å²) in [7, 11) is 1.88. The Morgan fingerprint density at radius 2 is 2.04 bits per heavy atom. The molecule has 0 bridgehead atoms. The molecule has 0 saturated heterocycles. The molecule has 1 unspecified atom stereocenters. The number of thiophene rings is 2. The van der Waals surface area contributed by atoms with E-state index in [0.29, 0.717) is 4.88 Å². The Balaban J connectivity index is 1.67. The zero-order chi connectivity index (χ0) is 18.3. The van der Waals surface area contributed by atoms with Crippen molar-refractivity contribution in [1.82, 2.24) is 15.1 Å². The number of carbonyl (C=O) groups excluding carboxylic acids is 1. The van der Waals surface area contributed by atoms with E-state index < -0.39 is 0 Å². The third kappa shape index (κ3) is 3.04. The van der Waals surface area contributed by atoms with Gasteiger partial charge in [0.05, 0.1) is 16.6 Å². The first-order chi connectivity index (χ1) is 12.5. The predicted octanol–water partition coefficient (Wildman–Crippen LogP) is 4.66. The molecule has 3 aromatic heterocycles. The quantitative estimate of drug-likeness (QED) is 0.555. The molecule has 0 aliphatic carbocycles.